The number of benzene rings is 1. The lowest BCUT2D eigenvalue weighted by atomic mass is 10.1. The third kappa shape index (κ3) is 2.33. The van der Waals surface area contributed by atoms with Crippen LogP contribution in [-0.2, 0) is 6.42 Å². The molecule has 1 saturated heterocycles. The van der Waals surface area contributed by atoms with Gasteiger partial charge in [-0.25, -0.2) is 9.97 Å². The van der Waals surface area contributed by atoms with Gasteiger partial charge in [0.25, 0.3) is 0 Å². The van der Waals surface area contributed by atoms with Crippen LogP contribution in [0, 0.1) is 0 Å². The van der Waals surface area contributed by atoms with Gasteiger partial charge in [-0.2, -0.15) is 0 Å². The third-order valence-corrected chi connectivity index (χ3v) is 3.78. The first kappa shape index (κ1) is 11.1. The number of fused-ring (bicyclic) bond motifs is 1. The quantitative estimate of drug-likeness (QED) is 0.924. The van der Waals surface area contributed by atoms with Gasteiger partial charge in [0, 0.05) is 22.3 Å². The molecule has 1 atom stereocenters. The van der Waals surface area contributed by atoms with Gasteiger partial charge in [0.2, 0.25) is 0 Å². The van der Waals surface area contributed by atoms with Gasteiger partial charge in [0.1, 0.15) is 6.33 Å². The lowest BCUT2D eigenvalue weighted by molar-refractivity contribution is 0.597. The van der Waals surface area contributed by atoms with Crippen LogP contribution in [-0.4, -0.2) is 22.6 Å². The first-order valence-corrected chi connectivity index (χ1v) is 6.75. The molecule has 88 valence electrons. The van der Waals surface area contributed by atoms with E-state index in [1.54, 1.807) is 6.33 Å². The summed E-state index contributed by atoms with van der Waals surface area (Å²) in [4.78, 5) is 8.75. The molecule has 3 nitrogen and oxygen atoms in total. The van der Waals surface area contributed by atoms with Gasteiger partial charge in [-0.15, -0.1) is 0 Å². The summed E-state index contributed by atoms with van der Waals surface area (Å²) < 4.78 is 1.06. The second kappa shape index (κ2) is 4.70. The van der Waals surface area contributed by atoms with Gasteiger partial charge in [-0.1, -0.05) is 15.9 Å². The zero-order valence-electron chi connectivity index (χ0n) is 9.49. The van der Waals surface area contributed by atoms with E-state index in [4.69, 9.17) is 0 Å². The molecule has 0 aliphatic carbocycles. The second-order valence-electron chi connectivity index (χ2n) is 4.48. The Kier molecular flexibility index (Phi) is 3.07. The molecule has 0 amide bonds. The maximum atomic E-state index is 4.43. The molecule has 0 spiro atoms. The van der Waals surface area contributed by atoms with Crippen LogP contribution in [0.5, 0.6) is 0 Å². The van der Waals surface area contributed by atoms with Crippen molar-refractivity contribution in [2.75, 3.05) is 6.54 Å². The van der Waals surface area contributed by atoms with E-state index in [-0.39, 0.29) is 0 Å². The summed E-state index contributed by atoms with van der Waals surface area (Å²) in [7, 11) is 0. The standard InChI is InChI=1S/C13H14BrN3/c14-9-3-4-11-12(6-9)16-8-17-13(11)7-10-2-1-5-15-10/h3-4,6,8,10,15H,1-2,5,7H2. The molecular formula is C13H14BrN3. The number of halogens is 1. The summed E-state index contributed by atoms with van der Waals surface area (Å²) in [5.41, 5.74) is 2.17. The Bertz CT molecular complexity index is 535. The molecule has 2 aromatic rings. The number of nitrogens with one attached hydrogen (secondary N) is 1. The van der Waals surface area contributed by atoms with E-state index in [9.17, 15) is 0 Å². The Labute approximate surface area is 109 Å². The topological polar surface area (TPSA) is 37.8 Å². The average Bonchev–Trinajstić information content (AvgIpc) is 2.82. The van der Waals surface area contributed by atoms with Crippen molar-refractivity contribution in [2.45, 2.75) is 25.3 Å². The van der Waals surface area contributed by atoms with Gasteiger partial charge in [-0.3, -0.25) is 0 Å². The number of aromatic nitrogens is 2. The molecule has 0 radical (unpaired) electrons. The van der Waals surface area contributed by atoms with E-state index >= 15 is 0 Å². The van der Waals surface area contributed by atoms with Crippen LogP contribution in [0.3, 0.4) is 0 Å². The maximum absolute atomic E-state index is 4.43. The Morgan fingerprint density at radius 1 is 1.35 bits per heavy atom. The number of hydrogen-bond acceptors (Lipinski definition) is 3. The smallest absolute Gasteiger partial charge is 0.116 e. The molecule has 1 unspecified atom stereocenters. The van der Waals surface area contributed by atoms with Gasteiger partial charge in [0.05, 0.1) is 11.2 Å². The second-order valence-corrected chi connectivity index (χ2v) is 5.39. The molecule has 4 heteroatoms. The molecule has 1 aliphatic rings. The van der Waals surface area contributed by atoms with E-state index in [0.717, 1.165) is 28.6 Å². The molecule has 1 N–H and O–H groups in total. The lowest BCUT2D eigenvalue weighted by Gasteiger charge is -2.11. The number of nitrogens with zero attached hydrogens (tertiary/aromatic N) is 2. The summed E-state index contributed by atoms with van der Waals surface area (Å²) in [6, 6.07) is 6.78. The van der Waals surface area contributed by atoms with E-state index in [2.05, 4.69) is 43.3 Å². The van der Waals surface area contributed by atoms with Crippen molar-refractivity contribution >= 4 is 26.8 Å². The summed E-state index contributed by atoms with van der Waals surface area (Å²) in [5, 5.41) is 4.68. The highest BCUT2D eigenvalue weighted by Gasteiger charge is 2.16. The van der Waals surface area contributed by atoms with Gasteiger partial charge in [0.15, 0.2) is 0 Å². The first-order chi connectivity index (χ1) is 8.33. The van der Waals surface area contributed by atoms with Gasteiger partial charge < -0.3 is 5.32 Å². The Hall–Kier alpha value is -1.00. The summed E-state index contributed by atoms with van der Waals surface area (Å²) in [6.07, 6.45) is 5.20. The predicted octanol–water partition coefficient (Wildman–Crippen LogP) is 2.69. The molecular weight excluding hydrogens is 278 g/mol. The largest absolute Gasteiger partial charge is 0.314 e. The van der Waals surface area contributed by atoms with E-state index in [0.29, 0.717) is 6.04 Å². The normalized spacial score (nSPS) is 19.9. The highest BCUT2D eigenvalue weighted by molar-refractivity contribution is 9.10. The van der Waals surface area contributed by atoms with Crippen molar-refractivity contribution in [1.29, 1.82) is 0 Å². The van der Waals surface area contributed by atoms with Crippen LogP contribution in [0.25, 0.3) is 10.9 Å². The molecule has 1 aromatic carbocycles. The molecule has 1 aliphatic heterocycles. The van der Waals surface area contributed by atoms with Crippen molar-refractivity contribution in [3.8, 4) is 0 Å². The van der Waals surface area contributed by atoms with Crippen LogP contribution in [0.1, 0.15) is 18.5 Å². The van der Waals surface area contributed by atoms with Crippen molar-refractivity contribution in [2.24, 2.45) is 0 Å². The molecule has 1 aromatic heterocycles. The summed E-state index contributed by atoms with van der Waals surface area (Å²) in [5.74, 6) is 0. The summed E-state index contributed by atoms with van der Waals surface area (Å²) >= 11 is 3.47. The van der Waals surface area contributed by atoms with Crippen LogP contribution in [0.15, 0.2) is 29.0 Å². The van der Waals surface area contributed by atoms with Crippen molar-refractivity contribution in [1.82, 2.24) is 15.3 Å². The minimum Gasteiger partial charge on any atom is -0.314 e. The van der Waals surface area contributed by atoms with Crippen LogP contribution in [0.4, 0.5) is 0 Å². The molecule has 17 heavy (non-hydrogen) atoms. The fourth-order valence-electron chi connectivity index (χ4n) is 2.41. The minimum absolute atomic E-state index is 0.580. The zero-order chi connectivity index (χ0) is 11.7. The molecule has 1 fully saturated rings. The summed E-state index contributed by atoms with van der Waals surface area (Å²) in [6.45, 7) is 1.14. The molecule has 3 rings (SSSR count). The molecule has 0 bridgehead atoms. The minimum atomic E-state index is 0.580. The predicted molar refractivity (Wildman–Crippen MR) is 72.0 cm³/mol. The van der Waals surface area contributed by atoms with Crippen molar-refractivity contribution in [3.05, 3.63) is 34.7 Å². The fraction of sp³-hybridized carbons (Fsp3) is 0.385. The third-order valence-electron chi connectivity index (χ3n) is 3.28. The van der Waals surface area contributed by atoms with Crippen molar-refractivity contribution in [3.63, 3.8) is 0 Å². The van der Waals surface area contributed by atoms with E-state index in [1.807, 2.05) is 6.07 Å². The Morgan fingerprint density at radius 2 is 2.29 bits per heavy atom. The molecule has 0 saturated carbocycles. The number of hydrogen-bond donors (Lipinski definition) is 1. The van der Waals surface area contributed by atoms with Crippen molar-refractivity contribution < 1.29 is 0 Å². The molecule has 2 heterocycles. The van der Waals surface area contributed by atoms with Crippen LogP contribution in [0.2, 0.25) is 0 Å². The van der Waals surface area contributed by atoms with Gasteiger partial charge in [-0.05, 0) is 37.6 Å². The fourth-order valence-corrected chi connectivity index (χ4v) is 2.76. The monoisotopic (exact) mass is 291 g/mol. The van der Waals surface area contributed by atoms with E-state index in [1.165, 1.54) is 18.2 Å². The average molecular weight is 292 g/mol. The van der Waals surface area contributed by atoms with Crippen LogP contribution >= 0.6 is 15.9 Å². The van der Waals surface area contributed by atoms with E-state index < -0.39 is 0 Å². The lowest BCUT2D eigenvalue weighted by Crippen LogP contribution is -2.24. The van der Waals surface area contributed by atoms with Gasteiger partial charge >= 0.3 is 0 Å². The Balaban J connectivity index is 1.97. The SMILES string of the molecule is Brc1ccc2c(CC3CCCN3)ncnc2c1. The highest BCUT2D eigenvalue weighted by Crippen LogP contribution is 2.21. The van der Waals surface area contributed by atoms with Crippen LogP contribution < -0.4 is 5.32 Å². The highest BCUT2D eigenvalue weighted by atomic mass is 79.9. The number of rotatable bonds is 2. The maximum Gasteiger partial charge on any atom is 0.116 e. The Morgan fingerprint density at radius 3 is 3.12 bits per heavy atom. The zero-order valence-corrected chi connectivity index (χ0v) is 11.1. The first-order valence-electron chi connectivity index (χ1n) is 5.95.